The van der Waals surface area contributed by atoms with Gasteiger partial charge >= 0.3 is 6.85 Å². The van der Waals surface area contributed by atoms with Crippen LogP contribution in [0.25, 0.3) is 65.5 Å². The standard InChI is InChI=1S/C67H71BN2O/c1-37-28-38(2)70-59-50(37)35-46(67(15,16)17)36-52(59)57-48-25-22-39-29-43(64(6,7)8)30-40-23-26-49(56(48)55(39)40)60-58(57)68(70)62-61(47-20-18-19-21-54(47)71-62)69(60)53-27-24-42(63(3,4)5)34-51(53)41-31-44(65(9,10)11)33-45(32-41)66(12,13)14/h18-37H,1-17H3. The summed E-state index contributed by atoms with van der Waals surface area (Å²) in [5.74, 6) is 0.250. The molecule has 4 heteroatoms. The molecule has 0 aliphatic carbocycles. The summed E-state index contributed by atoms with van der Waals surface area (Å²) in [7, 11) is 0. The van der Waals surface area contributed by atoms with Crippen molar-refractivity contribution < 1.29 is 4.42 Å². The Balaban J connectivity index is 1.32. The molecule has 1 unspecified atom stereocenters. The molecule has 9 aromatic rings. The van der Waals surface area contributed by atoms with Gasteiger partial charge in [-0.3, -0.25) is 0 Å². The largest absolute Gasteiger partial charge is 0.466 e. The van der Waals surface area contributed by atoms with Gasteiger partial charge in [-0.2, -0.15) is 0 Å². The fourth-order valence-electron chi connectivity index (χ4n) is 12.4. The van der Waals surface area contributed by atoms with Gasteiger partial charge in [-0.25, -0.2) is 0 Å². The molecule has 0 amide bonds. The summed E-state index contributed by atoms with van der Waals surface area (Å²) >= 11 is 0. The smallest absolute Gasteiger partial charge is 0.375 e. The van der Waals surface area contributed by atoms with Gasteiger partial charge in [0.1, 0.15) is 11.2 Å². The van der Waals surface area contributed by atoms with E-state index in [4.69, 9.17) is 4.42 Å². The highest BCUT2D eigenvalue weighted by Gasteiger charge is 2.52. The van der Waals surface area contributed by atoms with Gasteiger partial charge in [0.25, 0.3) is 0 Å². The van der Waals surface area contributed by atoms with Gasteiger partial charge in [-0.1, -0.05) is 196 Å². The van der Waals surface area contributed by atoms with Crippen LogP contribution in [0.5, 0.6) is 0 Å². The van der Waals surface area contributed by atoms with Gasteiger partial charge in [0.15, 0.2) is 0 Å². The van der Waals surface area contributed by atoms with Gasteiger partial charge in [0.2, 0.25) is 0 Å². The van der Waals surface area contributed by atoms with E-state index < -0.39 is 0 Å². The fraction of sp³-hybridized carbons (Fsp3) is 0.343. The third-order valence-corrected chi connectivity index (χ3v) is 16.5. The number of fused-ring (bicyclic) bond motifs is 8. The summed E-state index contributed by atoms with van der Waals surface area (Å²) in [4.78, 5) is 5.34. The van der Waals surface area contributed by atoms with Crippen LogP contribution < -0.4 is 20.8 Å². The Kier molecular flexibility index (Phi) is 9.48. The minimum atomic E-state index is -0.211. The maximum absolute atomic E-state index is 7.49. The van der Waals surface area contributed by atoms with Gasteiger partial charge in [0.05, 0.1) is 17.1 Å². The van der Waals surface area contributed by atoms with Crippen molar-refractivity contribution in [1.82, 2.24) is 0 Å². The number of hydrogen-bond acceptors (Lipinski definition) is 3. The Hall–Kier alpha value is -6.26. The maximum atomic E-state index is 7.49. The molecule has 1 aromatic heterocycles. The highest BCUT2D eigenvalue weighted by molar-refractivity contribution is 6.93. The van der Waals surface area contributed by atoms with Crippen LogP contribution >= 0.6 is 0 Å². The van der Waals surface area contributed by atoms with Gasteiger partial charge in [0, 0.05) is 38.9 Å². The van der Waals surface area contributed by atoms with Crippen molar-refractivity contribution in [2.75, 3.05) is 9.71 Å². The number of furan rings is 1. The zero-order valence-corrected chi connectivity index (χ0v) is 45.4. The van der Waals surface area contributed by atoms with E-state index >= 15 is 0 Å². The lowest BCUT2D eigenvalue weighted by molar-refractivity contribution is 0.569. The topological polar surface area (TPSA) is 19.6 Å². The van der Waals surface area contributed by atoms with Crippen molar-refractivity contribution in [2.24, 2.45) is 0 Å². The molecule has 3 aliphatic rings. The van der Waals surface area contributed by atoms with Crippen molar-refractivity contribution in [3.8, 4) is 22.3 Å². The van der Waals surface area contributed by atoms with Crippen molar-refractivity contribution in [3.05, 3.63) is 154 Å². The normalized spacial score (nSPS) is 16.1. The minimum Gasteiger partial charge on any atom is -0.466 e. The molecule has 0 saturated heterocycles. The predicted octanol–water partition coefficient (Wildman–Crippen LogP) is 17.9. The number of benzene rings is 8. The number of allylic oxidation sites excluding steroid dienone is 2. The summed E-state index contributed by atoms with van der Waals surface area (Å²) < 4.78 is 7.49. The van der Waals surface area contributed by atoms with Crippen LogP contribution in [0.3, 0.4) is 0 Å². The molecule has 0 fully saturated rings. The Morgan fingerprint density at radius 1 is 0.493 bits per heavy atom. The quantitative estimate of drug-likeness (QED) is 0.127. The molecule has 12 rings (SSSR count). The molecular weight excluding hydrogens is 860 g/mol. The van der Waals surface area contributed by atoms with E-state index in [1.54, 1.807) is 0 Å². The van der Waals surface area contributed by atoms with E-state index in [1.165, 1.54) is 110 Å². The Morgan fingerprint density at radius 3 is 1.68 bits per heavy atom. The number of rotatable bonds is 2. The molecule has 3 aliphatic heterocycles. The fourth-order valence-corrected chi connectivity index (χ4v) is 12.4. The second kappa shape index (κ2) is 14.7. The molecule has 3 nitrogen and oxygen atoms in total. The Bertz CT molecular complexity index is 3720. The average molecular weight is 931 g/mol. The zero-order valence-electron chi connectivity index (χ0n) is 45.4. The SMILES string of the molecule is CC1=CC(C)c2cc(C(C)(C)C)cc3c2N1B1c2oc4ccccc4c2N(c2ccc(C(C)(C)C)cc2-c2cc(C(C)(C)C)cc(C(C)(C)C)c2)c2c1c-3c1ccc3cc(C(C)(C)C)cc4ccc2c1c34. The summed E-state index contributed by atoms with van der Waals surface area (Å²) in [5, 5.41) is 8.99. The summed E-state index contributed by atoms with van der Waals surface area (Å²) in [6, 6.07) is 43.4. The molecule has 8 aromatic carbocycles. The number of nitrogens with zero attached hydrogens (tertiary/aromatic N) is 2. The second-order valence-corrected chi connectivity index (χ2v) is 26.8. The predicted molar refractivity (Wildman–Crippen MR) is 309 cm³/mol. The molecule has 358 valence electrons. The monoisotopic (exact) mass is 931 g/mol. The first-order valence-electron chi connectivity index (χ1n) is 26.3. The molecule has 0 saturated carbocycles. The second-order valence-electron chi connectivity index (χ2n) is 26.8. The number of anilines is 4. The lowest BCUT2D eigenvalue weighted by Crippen LogP contribution is -2.63. The van der Waals surface area contributed by atoms with Crippen LogP contribution in [0.4, 0.5) is 22.7 Å². The lowest BCUT2D eigenvalue weighted by Gasteiger charge is -2.48. The highest BCUT2D eigenvalue weighted by atomic mass is 16.3. The van der Waals surface area contributed by atoms with Crippen molar-refractivity contribution in [1.29, 1.82) is 0 Å². The third kappa shape index (κ3) is 6.75. The lowest BCUT2D eigenvalue weighted by atomic mass is 9.44. The van der Waals surface area contributed by atoms with Gasteiger partial charge < -0.3 is 14.1 Å². The van der Waals surface area contributed by atoms with E-state index in [2.05, 4.69) is 243 Å². The zero-order chi connectivity index (χ0) is 50.4. The Morgan fingerprint density at radius 2 is 1.06 bits per heavy atom. The molecule has 0 bridgehead atoms. The molecule has 0 N–H and O–H groups in total. The number of hydrogen-bond donors (Lipinski definition) is 0. The Labute approximate surface area is 423 Å². The molecule has 71 heavy (non-hydrogen) atoms. The minimum absolute atomic E-state index is 0.00310. The van der Waals surface area contributed by atoms with E-state index in [9.17, 15) is 0 Å². The van der Waals surface area contributed by atoms with E-state index in [0.717, 1.165) is 28.0 Å². The van der Waals surface area contributed by atoms with Crippen LogP contribution in [-0.2, 0) is 27.1 Å². The highest BCUT2D eigenvalue weighted by Crippen LogP contribution is 2.58. The van der Waals surface area contributed by atoms with Crippen LogP contribution in [0.1, 0.15) is 157 Å². The van der Waals surface area contributed by atoms with Crippen molar-refractivity contribution >= 4 is 84.0 Å². The third-order valence-electron chi connectivity index (χ3n) is 16.5. The molecule has 4 heterocycles. The molecule has 1 atom stereocenters. The summed E-state index contributed by atoms with van der Waals surface area (Å²) in [5.41, 5.74) is 22.3. The van der Waals surface area contributed by atoms with E-state index in [-0.39, 0.29) is 39.8 Å². The van der Waals surface area contributed by atoms with E-state index in [1.807, 2.05) is 0 Å². The maximum Gasteiger partial charge on any atom is 0.375 e. The van der Waals surface area contributed by atoms with Crippen LogP contribution in [0, 0.1) is 0 Å². The van der Waals surface area contributed by atoms with Gasteiger partial charge in [-0.05, 0) is 142 Å². The van der Waals surface area contributed by atoms with Gasteiger partial charge in [-0.15, -0.1) is 0 Å². The summed E-state index contributed by atoms with van der Waals surface area (Å²) in [6.07, 6.45) is 2.49. The first kappa shape index (κ1) is 45.9. The number of para-hydroxylation sites is 1. The van der Waals surface area contributed by atoms with Crippen LogP contribution in [0.15, 0.2) is 125 Å². The van der Waals surface area contributed by atoms with Crippen LogP contribution in [0.2, 0.25) is 0 Å². The first-order chi connectivity index (χ1) is 33.2. The molecule has 0 radical (unpaired) electrons. The molecular formula is C67H71BN2O. The average Bonchev–Trinajstić information content (AvgIpc) is 3.68. The van der Waals surface area contributed by atoms with Crippen molar-refractivity contribution in [3.63, 3.8) is 0 Å². The van der Waals surface area contributed by atoms with Crippen LogP contribution in [-0.4, -0.2) is 6.85 Å². The summed E-state index contributed by atoms with van der Waals surface area (Å²) in [6.45, 7) is 39.8. The van der Waals surface area contributed by atoms with E-state index in [0.29, 0.717) is 0 Å². The molecule has 0 spiro atoms. The van der Waals surface area contributed by atoms with Crippen molar-refractivity contribution in [2.45, 2.75) is 151 Å². The first-order valence-corrected chi connectivity index (χ1v) is 26.3.